The number of amides is 1. The van der Waals surface area contributed by atoms with Gasteiger partial charge in [0.1, 0.15) is 11.6 Å². The Bertz CT molecular complexity index is 893. The molecule has 1 aromatic carbocycles. The summed E-state index contributed by atoms with van der Waals surface area (Å²) in [5.74, 6) is -1.05. The van der Waals surface area contributed by atoms with Crippen molar-refractivity contribution in [2.75, 3.05) is 25.9 Å². The molecule has 2 N–H and O–H groups in total. The number of aromatic nitrogens is 2. The molecule has 6 nitrogen and oxygen atoms in total. The fourth-order valence-corrected chi connectivity index (χ4v) is 4.00. The van der Waals surface area contributed by atoms with E-state index in [4.69, 9.17) is 5.73 Å². The maximum Gasteiger partial charge on any atom is 0.226 e. The van der Waals surface area contributed by atoms with Crippen LogP contribution in [0.3, 0.4) is 0 Å². The average Bonchev–Trinajstić information content (AvgIpc) is 3.29. The van der Waals surface area contributed by atoms with Crippen LogP contribution >= 0.6 is 0 Å². The van der Waals surface area contributed by atoms with Gasteiger partial charge >= 0.3 is 0 Å². The number of anilines is 1. The van der Waals surface area contributed by atoms with Crippen LogP contribution in [0.25, 0.3) is 0 Å². The highest BCUT2D eigenvalue weighted by atomic mass is 19.2. The number of carbonyl (C=O) groups is 1. The van der Waals surface area contributed by atoms with Crippen molar-refractivity contribution < 1.29 is 13.6 Å². The zero-order valence-electron chi connectivity index (χ0n) is 15.7. The maximum absolute atomic E-state index is 14.0. The van der Waals surface area contributed by atoms with Crippen molar-refractivity contribution >= 4 is 11.7 Å². The van der Waals surface area contributed by atoms with Gasteiger partial charge in [-0.1, -0.05) is 12.1 Å². The number of hydrogen-bond donors (Lipinski definition) is 1. The fourth-order valence-electron chi connectivity index (χ4n) is 4.00. The molecule has 1 amide bonds. The van der Waals surface area contributed by atoms with E-state index < -0.39 is 11.6 Å². The minimum absolute atomic E-state index is 0.0322. The van der Waals surface area contributed by atoms with Crippen LogP contribution in [0.5, 0.6) is 0 Å². The lowest BCUT2D eigenvalue weighted by atomic mass is 10.1. The molecule has 3 atom stereocenters. The highest BCUT2D eigenvalue weighted by Crippen LogP contribution is 2.49. The first-order valence-corrected chi connectivity index (χ1v) is 9.44. The van der Waals surface area contributed by atoms with Gasteiger partial charge in [-0.05, 0) is 43.5 Å². The normalized spacial score (nSPS) is 24.0. The van der Waals surface area contributed by atoms with Crippen LogP contribution in [0.15, 0.2) is 30.5 Å². The first-order chi connectivity index (χ1) is 13.4. The number of nitrogens with two attached hydrogens (primary N) is 1. The molecule has 0 radical (unpaired) electrons. The second-order valence-corrected chi connectivity index (χ2v) is 7.63. The van der Waals surface area contributed by atoms with Crippen LogP contribution in [0, 0.1) is 17.6 Å². The van der Waals surface area contributed by atoms with Gasteiger partial charge in [-0.25, -0.2) is 18.7 Å². The van der Waals surface area contributed by atoms with Crippen LogP contribution in [-0.2, 0) is 11.3 Å². The van der Waals surface area contributed by atoms with E-state index in [-0.39, 0.29) is 23.8 Å². The van der Waals surface area contributed by atoms with Gasteiger partial charge in [-0.15, -0.1) is 0 Å². The highest BCUT2D eigenvalue weighted by Gasteiger charge is 2.48. The Morgan fingerprint density at radius 1 is 1.36 bits per heavy atom. The maximum atomic E-state index is 14.0. The Morgan fingerprint density at radius 3 is 2.96 bits per heavy atom. The number of carbonyl (C=O) groups excluding carboxylic acids is 1. The third-order valence-electron chi connectivity index (χ3n) is 5.70. The lowest BCUT2D eigenvalue weighted by Crippen LogP contribution is -2.37. The molecular weight excluding hydrogens is 364 g/mol. The molecule has 2 fully saturated rings. The van der Waals surface area contributed by atoms with Crippen molar-refractivity contribution in [2.45, 2.75) is 31.3 Å². The van der Waals surface area contributed by atoms with Gasteiger partial charge < -0.3 is 10.6 Å². The van der Waals surface area contributed by atoms with Gasteiger partial charge in [0.05, 0.1) is 6.54 Å². The number of likely N-dealkylation sites (tertiary alicyclic amines) is 1. The number of hydrogen-bond acceptors (Lipinski definition) is 5. The van der Waals surface area contributed by atoms with E-state index in [2.05, 4.69) is 14.9 Å². The molecule has 1 aliphatic carbocycles. The summed E-state index contributed by atoms with van der Waals surface area (Å²) in [4.78, 5) is 25.2. The smallest absolute Gasteiger partial charge is 0.226 e. The predicted molar refractivity (Wildman–Crippen MR) is 100 cm³/mol. The summed E-state index contributed by atoms with van der Waals surface area (Å²) >= 11 is 0. The fraction of sp³-hybridized carbons (Fsp3) is 0.450. The molecular formula is C20H23F2N5O. The number of rotatable bonds is 5. The summed E-state index contributed by atoms with van der Waals surface area (Å²) in [6, 6.07) is 6.02. The van der Waals surface area contributed by atoms with E-state index in [1.54, 1.807) is 18.3 Å². The zero-order chi connectivity index (χ0) is 19.8. The van der Waals surface area contributed by atoms with Crippen molar-refractivity contribution in [3.63, 3.8) is 0 Å². The van der Waals surface area contributed by atoms with E-state index in [9.17, 15) is 13.6 Å². The van der Waals surface area contributed by atoms with Crippen LogP contribution in [0.4, 0.5) is 14.6 Å². The number of halogens is 2. The van der Waals surface area contributed by atoms with Gasteiger partial charge in [-0.3, -0.25) is 9.69 Å². The molecule has 0 unspecified atom stereocenters. The van der Waals surface area contributed by atoms with Crippen molar-refractivity contribution in [3.05, 3.63) is 53.5 Å². The highest BCUT2D eigenvalue weighted by molar-refractivity contribution is 5.83. The quantitative estimate of drug-likeness (QED) is 0.851. The molecule has 2 heterocycles. The van der Waals surface area contributed by atoms with Gasteiger partial charge in [0, 0.05) is 31.2 Å². The van der Waals surface area contributed by atoms with Gasteiger partial charge in [-0.2, -0.15) is 0 Å². The summed E-state index contributed by atoms with van der Waals surface area (Å²) in [6.07, 6.45) is 3.07. The number of nitrogen functional groups attached to an aromatic ring is 1. The minimum atomic E-state index is -0.859. The van der Waals surface area contributed by atoms with Crippen molar-refractivity contribution in [1.82, 2.24) is 19.8 Å². The Kier molecular flexibility index (Phi) is 4.97. The molecule has 1 aromatic heterocycles. The SMILES string of the molecule is CN(Cc1nccc(N)n1)[C@@H]1CCN(C(=O)[C@H]2C[C@@H]2c2cccc(F)c2F)C1. The largest absolute Gasteiger partial charge is 0.384 e. The first kappa shape index (κ1) is 18.7. The second kappa shape index (κ2) is 7.43. The number of nitrogens with zero attached hydrogens (tertiary/aromatic N) is 4. The van der Waals surface area contributed by atoms with Gasteiger partial charge in [0.15, 0.2) is 11.6 Å². The van der Waals surface area contributed by atoms with Gasteiger partial charge in [0.2, 0.25) is 5.91 Å². The Morgan fingerprint density at radius 2 is 2.18 bits per heavy atom. The van der Waals surface area contributed by atoms with Crippen molar-refractivity contribution in [2.24, 2.45) is 5.92 Å². The predicted octanol–water partition coefficient (Wildman–Crippen LogP) is 2.17. The first-order valence-electron chi connectivity index (χ1n) is 9.44. The lowest BCUT2D eigenvalue weighted by molar-refractivity contribution is -0.131. The third-order valence-corrected chi connectivity index (χ3v) is 5.70. The molecule has 4 rings (SSSR count). The van der Waals surface area contributed by atoms with Crippen molar-refractivity contribution in [3.8, 4) is 0 Å². The summed E-state index contributed by atoms with van der Waals surface area (Å²) < 4.78 is 27.4. The minimum Gasteiger partial charge on any atom is -0.384 e. The number of likely N-dealkylation sites (N-methyl/N-ethyl adjacent to an activating group) is 1. The zero-order valence-corrected chi connectivity index (χ0v) is 15.7. The lowest BCUT2D eigenvalue weighted by Gasteiger charge is -2.24. The van der Waals surface area contributed by atoms with E-state index in [0.29, 0.717) is 43.3 Å². The molecule has 1 aliphatic heterocycles. The van der Waals surface area contributed by atoms with Crippen LogP contribution in [-0.4, -0.2) is 51.9 Å². The van der Waals surface area contributed by atoms with E-state index in [1.165, 1.54) is 6.07 Å². The molecule has 1 saturated carbocycles. The monoisotopic (exact) mass is 387 g/mol. The Balaban J connectivity index is 1.34. The van der Waals surface area contributed by atoms with Gasteiger partial charge in [0.25, 0.3) is 0 Å². The third kappa shape index (κ3) is 3.69. The number of benzene rings is 1. The molecule has 0 bridgehead atoms. The topological polar surface area (TPSA) is 75.4 Å². The molecule has 1 saturated heterocycles. The summed E-state index contributed by atoms with van der Waals surface area (Å²) in [5, 5.41) is 0. The summed E-state index contributed by atoms with van der Waals surface area (Å²) in [6.45, 7) is 1.84. The standard InChI is InChI=1S/C20H23F2N5O/c1-26(11-18-24-7-5-17(23)25-18)12-6-8-27(10-12)20(28)15-9-14(15)13-3-2-4-16(21)19(13)22/h2-5,7,12,14-15H,6,8-11H2,1H3,(H2,23,24,25)/t12-,14-,15+/m1/s1. The summed E-state index contributed by atoms with van der Waals surface area (Å²) in [5.41, 5.74) is 6.01. The van der Waals surface area contributed by atoms with E-state index in [1.807, 2.05) is 11.9 Å². The Labute approximate surface area is 162 Å². The van der Waals surface area contributed by atoms with Crippen LogP contribution in [0.2, 0.25) is 0 Å². The van der Waals surface area contributed by atoms with Crippen LogP contribution in [0.1, 0.15) is 30.1 Å². The molecule has 8 heteroatoms. The molecule has 148 valence electrons. The second-order valence-electron chi connectivity index (χ2n) is 7.63. The van der Waals surface area contributed by atoms with E-state index >= 15 is 0 Å². The Hall–Kier alpha value is -2.61. The molecule has 0 spiro atoms. The average molecular weight is 387 g/mol. The molecule has 2 aliphatic rings. The van der Waals surface area contributed by atoms with Crippen LogP contribution < -0.4 is 5.73 Å². The van der Waals surface area contributed by atoms with E-state index in [0.717, 1.165) is 12.5 Å². The van der Waals surface area contributed by atoms with Crippen molar-refractivity contribution in [1.29, 1.82) is 0 Å². The molecule has 28 heavy (non-hydrogen) atoms. The molecule has 2 aromatic rings. The summed E-state index contributed by atoms with van der Waals surface area (Å²) in [7, 11) is 1.98.